The molecule has 0 saturated heterocycles. The summed E-state index contributed by atoms with van der Waals surface area (Å²) >= 11 is 0. The Morgan fingerprint density at radius 1 is 1.00 bits per heavy atom. The smallest absolute Gasteiger partial charge is 0.161 e. The van der Waals surface area contributed by atoms with Gasteiger partial charge < -0.3 is 19.7 Å². The second-order valence-corrected chi connectivity index (χ2v) is 5.64. The number of ether oxygens (including phenoxy) is 2. The van der Waals surface area contributed by atoms with Crippen molar-refractivity contribution in [1.82, 2.24) is 5.32 Å². The summed E-state index contributed by atoms with van der Waals surface area (Å²) in [6.07, 6.45) is 0. The van der Waals surface area contributed by atoms with E-state index in [0.29, 0.717) is 0 Å². The van der Waals surface area contributed by atoms with Crippen LogP contribution >= 0.6 is 0 Å². The highest BCUT2D eigenvalue weighted by Crippen LogP contribution is 2.28. The highest BCUT2D eigenvalue weighted by Gasteiger charge is 2.14. The van der Waals surface area contributed by atoms with Crippen molar-refractivity contribution in [2.24, 2.45) is 4.99 Å². The fraction of sp³-hybridized carbons (Fsp3) is 0.316. The second-order valence-electron chi connectivity index (χ2n) is 5.64. The van der Waals surface area contributed by atoms with E-state index in [1.165, 1.54) is 5.69 Å². The number of benzene rings is 2. The minimum atomic E-state index is 0.745. The average molecular weight is 325 g/mol. The molecular weight excluding hydrogens is 302 g/mol. The van der Waals surface area contributed by atoms with Gasteiger partial charge in [0.1, 0.15) is 5.84 Å². The maximum absolute atomic E-state index is 5.42. The molecular formula is C19H23N3O2. The summed E-state index contributed by atoms with van der Waals surface area (Å²) in [6, 6.07) is 16.4. The van der Waals surface area contributed by atoms with Crippen molar-refractivity contribution in [2.45, 2.75) is 6.54 Å². The van der Waals surface area contributed by atoms with Gasteiger partial charge in [-0.05, 0) is 29.8 Å². The van der Waals surface area contributed by atoms with Crippen LogP contribution in [0.5, 0.6) is 11.5 Å². The standard InChI is InChI=1S/C19H23N3O2/c1-23-17-9-8-15(12-18(17)24-2)13-22(14-19-20-10-11-21-19)16-6-4-3-5-7-16/h3-9,12H,10-11,13-14H2,1-2H3,(H,20,21). The van der Waals surface area contributed by atoms with Gasteiger partial charge >= 0.3 is 0 Å². The molecule has 5 nitrogen and oxygen atoms in total. The first kappa shape index (κ1) is 16.2. The lowest BCUT2D eigenvalue weighted by molar-refractivity contribution is 0.354. The molecule has 0 spiro atoms. The molecule has 0 fully saturated rings. The monoisotopic (exact) mass is 325 g/mol. The van der Waals surface area contributed by atoms with Crippen LogP contribution in [0.25, 0.3) is 0 Å². The van der Waals surface area contributed by atoms with Crippen molar-refractivity contribution in [1.29, 1.82) is 0 Å². The highest BCUT2D eigenvalue weighted by atomic mass is 16.5. The number of nitrogens with zero attached hydrogens (tertiary/aromatic N) is 2. The largest absolute Gasteiger partial charge is 0.493 e. The lowest BCUT2D eigenvalue weighted by Crippen LogP contribution is -2.34. The Balaban J connectivity index is 1.83. The molecule has 0 aromatic heterocycles. The molecule has 0 unspecified atom stereocenters. The van der Waals surface area contributed by atoms with E-state index in [2.05, 4.69) is 45.5 Å². The maximum Gasteiger partial charge on any atom is 0.161 e. The Morgan fingerprint density at radius 3 is 2.46 bits per heavy atom. The van der Waals surface area contributed by atoms with E-state index in [1.54, 1.807) is 14.2 Å². The van der Waals surface area contributed by atoms with Crippen LogP contribution in [0.3, 0.4) is 0 Å². The number of para-hydroxylation sites is 1. The molecule has 0 amide bonds. The van der Waals surface area contributed by atoms with Gasteiger partial charge in [-0.1, -0.05) is 24.3 Å². The van der Waals surface area contributed by atoms with Gasteiger partial charge in [0.05, 0.1) is 27.3 Å². The first-order chi connectivity index (χ1) is 11.8. The van der Waals surface area contributed by atoms with Gasteiger partial charge in [-0.25, -0.2) is 0 Å². The van der Waals surface area contributed by atoms with Crippen molar-refractivity contribution in [3.05, 3.63) is 54.1 Å². The SMILES string of the molecule is COc1ccc(CN(CC2=NCCN2)c2ccccc2)cc1OC. The van der Waals surface area contributed by atoms with Crippen molar-refractivity contribution < 1.29 is 9.47 Å². The van der Waals surface area contributed by atoms with Crippen LogP contribution in [0.2, 0.25) is 0 Å². The molecule has 3 rings (SSSR count). The molecule has 126 valence electrons. The molecule has 0 aliphatic carbocycles. The number of amidine groups is 1. The summed E-state index contributed by atoms with van der Waals surface area (Å²) in [7, 11) is 3.31. The third-order valence-corrected chi connectivity index (χ3v) is 4.03. The van der Waals surface area contributed by atoms with Crippen LogP contribution in [0.15, 0.2) is 53.5 Å². The van der Waals surface area contributed by atoms with Gasteiger partial charge in [0.25, 0.3) is 0 Å². The summed E-state index contributed by atoms with van der Waals surface area (Å²) in [6.45, 7) is 3.31. The van der Waals surface area contributed by atoms with E-state index in [9.17, 15) is 0 Å². The minimum absolute atomic E-state index is 0.745. The fourth-order valence-electron chi connectivity index (χ4n) is 2.81. The zero-order chi connectivity index (χ0) is 16.8. The highest BCUT2D eigenvalue weighted by molar-refractivity contribution is 5.88. The second kappa shape index (κ2) is 7.73. The van der Waals surface area contributed by atoms with Gasteiger partial charge in [0.2, 0.25) is 0 Å². The molecule has 2 aromatic rings. The summed E-state index contributed by atoms with van der Waals surface area (Å²) in [4.78, 5) is 6.83. The Kier molecular flexibility index (Phi) is 5.21. The number of nitrogens with one attached hydrogen (secondary N) is 1. The average Bonchev–Trinajstić information content (AvgIpc) is 3.15. The number of rotatable bonds is 7. The number of methoxy groups -OCH3 is 2. The predicted molar refractivity (Wildman–Crippen MR) is 97.3 cm³/mol. The molecule has 1 heterocycles. The van der Waals surface area contributed by atoms with E-state index in [1.807, 2.05) is 18.2 Å². The van der Waals surface area contributed by atoms with E-state index in [4.69, 9.17) is 9.47 Å². The van der Waals surface area contributed by atoms with Gasteiger partial charge in [-0.2, -0.15) is 0 Å². The predicted octanol–water partition coefficient (Wildman–Crippen LogP) is 2.71. The number of anilines is 1. The third-order valence-electron chi connectivity index (χ3n) is 4.03. The number of aliphatic imine (C=N–C) groups is 1. The van der Waals surface area contributed by atoms with Crippen LogP contribution in [-0.2, 0) is 6.54 Å². The van der Waals surface area contributed by atoms with E-state index in [-0.39, 0.29) is 0 Å². The molecule has 2 aromatic carbocycles. The Hall–Kier alpha value is -2.69. The van der Waals surface area contributed by atoms with E-state index in [0.717, 1.165) is 49.1 Å². The van der Waals surface area contributed by atoms with Crippen molar-refractivity contribution in [3.63, 3.8) is 0 Å². The Labute approximate surface area is 142 Å². The summed E-state index contributed by atoms with van der Waals surface area (Å²) < 4.78 is 10.7. The molecule has 0 radical (unpaired) electrons. The quantitative estimate of drug-likeness (QED) is 0.850. The molecule has 1 N–H and O–H groups in total. The summed E-state index contributed by atoms with van der Waals surface area (Å²) in [5.41, 5.74) is 2.33. The molecule has 0 saturated carbocycles. The lowest BCUT2D eigenvalue weighted by atomic mass is 10.1. The Bertz CT molecular complexity index is 701. The van der Waals surface area contributed by atoms with Crippen molar-refractivity contribution >= 4 is 11.5 Å². The Morgan fingerprint density at radius 2 is 1.79 bits per heavy atom. The first-order valence-corrected chi connectivity index (χ1v) is 8.08. The first-order valence-electron chi connectivity index (χ1n) is 8.08. The summed E-state index contributed by atoms with van der Waals surface area (Å²) in [5.74, 6) is 2.54. The zero-order valence-electron chi connectivity index (χ0n) is 14.2. The van der Waals surface area contributed by atoms with Gasteiger partial charge in [-0.3, -0.25) is 4.99 Å². The normalized spacial score (nSPS) is 13.2. The molecule has 24 heavy (non-hydrogen) atoms. The van der Waals surface area contributed by atoms with Gasteiger partial charge in [0.15, 0.2) is 11.5 Å². The van der Waals surface area contributed by atoms with Crippen LogP contribution in [-0.4, -0.2) is 39.7 Å². The minimum Gasteiger partial charge on any atom is -0.493 e. The van der Waals surface area contributed by atoms with Gasteiger partial charge in [-0.15, -0.1) is 0 Å². The van der Waals surface area contributed by atoms with Crippen molar-refractivity contribution in [3.8, 4) is 11.5 Å². The van der Waals surface area contributed by atoms with Crippen LogP contribution < -0.4 is 19.7 Å². The molecule has 1 aliphatic rings. The molecule has 1 aliphatic heterocycles. The van der Waals surface area contributed by atoms with Crippen LogP contribution in [0.1, 0.15) is 5.56 Å². The fourth-order valence-corrected chi connectivity index (χ4v) is 2.81. The number of hydrogen-bond acceptors (Lipinski definition) is 5. The topological polar surface area (TPSA) is 46.1 Å². The summed E-state index contributed by atoms with van der Waals surface area (Å²) in [5, 5.41) is 3.35. The molecule has 0 bridgehead atoms. The van der Waals surface area contributed by atoms with Crippen molar-refractivity contribution in [2.75, 3.05) is 38.8 Å². The van der Waals surface area contributed by atoms with Crippen LogP contribution in [0, 0.1) is 0 Å². The molecule has 0 atom stereocenters. The van der Waals surface area contributed by atoms with E-state index >= 15 is 0 Å². The van der Waals surface area contributed by atoms with Gasteiger partial charge in [0, 0.05) is 18.8 Å². The number of hydrogen-bond donors (Lipinski definition) is 1. The zero-order valence-corrected chi connectivity index (χ0v) is 14.2. The third kappa shape index (κ3) is 3.79. The molecule has 5 heteroatoms. The van der Waals surface area contributed by atoms with E-state index < -0.39 is 0 Å². The lowest BCUT2D eigenvalue weighted by Gasteiger charge is -2.25. The van der Waals surface area contributed by atoms with Crippen LogP contribution in [0.4, 0.5) is 5.69 Å². The maximum atomic E-state index is 5.42.